The molecule has 2 saturated heterocycles. The van der Waals surface area contributed by atoms with Gasteiger partial charge < -0.3 is 5.32 Å². The highest BCUT2D eigenvalue weighted by atomic mass is 32.1. The van der Waals surface area contributed by atoms with Crippen molar-refractivity contribution in [2.24, 2.45) is 35.5 Å². The summed E-state index contributed by atoms with van der Waals surface area (Å²) in [6, 6.07) is 0. The third-order valence-corrected chi connectivity index (χ3v) is 7.80. The van der Waals surface area contributed by atoms with E-state index in [-0.39, 0.29) is 47.9 Å². The fourth-order valence-corrected chi connectivity index (χ4v) is 6.73. The summed E-state index contributed by atoms with van der Waals surface area (Å²) >= 11 is 1.39. The van der Waals surface area contributed by atoms with Crippen LogP contribution >= 0.6 is 11.3 Å². The van der Waals surface area contributed by atoms with Crippen LogP contribution in [-0.4, -0.2) is 52.1 Å². The lowest BCUT2D eigenvalue weighted by atomic mass is 9.85. The number of rotatable bonds is 5. The number of amides is 3. The number of piperidine rings is 1. The standard InChI is InChI=1S/C22H28N4O3S/c1-12-5-13(2)8-25(7-12)9-16-11-30-22(23-16)24-17(27)10-26-20(28)18-14-3-4-15(6-14)19(18)21(26)29/h3-4,11-15,18-19H,5-10H2,1-2H3,(H,23,24,27)/t12-,13+,14-,15-,18-,19-/m0/s1. The normalized spacial score (nSPS) is 35.3. The summed E-state index contributed by atoms with van der Waals surface area (Å²) < 4.78 is 0. The highest BCUT2D eigenvalue weighted by Crippen LogP contribution is 2.52. The first-order valence-electron chi connectivity index (χ1n) is 10.9. The van der Waals surface area contributed by atoms with Crippen molar-refractivity contribution in [3.63, 3.8) is 0 Å². The van der Waals surface area contributed by atoms with Crippen LogP contribution in [0.15, 0.2) is 17.5 Å². The number of likely N-dealkylation sites (tertiary alicyclic amines) is 2. The van der Waals surface area contributed by atoms with Crippen LogP contribution in [-0.2, 0) is 20.9 Å². The number of hydrogen-bond donors (Lipinski definition) is 1. The van der Waals surface area contributed by atoms with Crippen molar-refractivity contribution in [1.29, 1.82) is 0 Å². The van der Waals surface area contributed by atoms with Gasteiger partial charge in [0.25, 0.3) is 0 Å². The molecule has 5 rings (SSSR count). The Hall–Kier alpha value is -2.06. The number of hydrogen-bond acceptors (Lipinski definition) is 6. The van der Waals surface area contributed by atoms with E-state index in [9.17, 15) is 14.4 Å². The van der Waals surface area contributed by atoms with E-state index in [2.05, 4.69) is 41.2 Å². The van der Waals surface area contributed by atoms with Gasteiger partial charge >= 0.3 is 0 Å². The highest BCUT2D eigenvalue weighted by molar-refractivity contribution is 7.13. The van der Waals surface area contributed by atoms with Gasteiger partial charge in [0.05, 0.1) is 17.5 Å². The van der Waals surface area contributed by atoms with Gasteiger partial charge in [-0.2, -0.15) is 0 Å². The lowest BCUT2D eigenvalue weighted by molar-refractivity contribution is -0.143. The summed E-state index contributed by atoms with van der Waals surface area (Å²) in [5.74, 6) is 0.423. The molecule has 0 radical (unpaired) electrons. The number of nitrogens with zero attached hydrogens (tertiary/aromatic N) is 3. The van der Waals surface area contributed by atoms with Gasteiger partial charge in [0.15, 0.2) is 5.13 Å². The second-order valence-electron chi connectivity index (χ2n) is 9.59. The molecule has 0 aromatic carbocycles. The summed E-state index contributed by atoms with van der Waals surface area (Å²) in [6.07, 6.45) is 6.27. The zero-order valence-electron chi connectivity index (χ0n) is 17.4. The fourth-order valence-electron chi connectivity index (χ4n) is 6.01. The Kier molecular flexibility index (Phi) is 5.01. The number of carbonyl (C=O) groups excluding carboxylic acids is 3. The molecule has 1 saturated carbocycles. The van der Waals surface area contributed by atoms with Gasteiger partial charge in [-0.3, -0.25) is 24.2 Å². The first kappa shape index (κ1) is 19.9. The quantitative estimate of drug-likeness (QED) is 0.575. The van der Waals surface area contributed by atoms with Gasteiger partial charge in [-0.1, -0.05) is 26.0 Å². The van der Waals surface area contributed by atoms with Crippen LogP contribution in [0.4, 0.5) is 5.13 Å². The second kappa shape index (κ2) is 7.57. The average molecular weight is 429 g/mol. The molecule has 3 amide bonds. The molecule has 1 aromatic heterocycles. The van der Waals surface area contributed by atoms with Crippen LogP contribution in [0.25, 0.3) is 0 Å². The molecule has 30 heavy (non-hydrogen) atoms. The molecule has 4 aliphatic rings. The molecule has 2 aliphatic heterocycles. The minimum atomic E-state index is -0.363. The van der Waals surface area contributed by atoms with E-state index in [1.165, 1.54) is 17.8 Å². The van der Waals surface area contributed by atoms with Crippen LogP contribution in [0.3, 0.4) is 0 Å². The minimum absolute atomic E-state index is 0.159. The Morgan fingerprint density at radius 3 is 2.37 bits per heavy atom. The monoisotopic (exact) mass is 428 g/mol. The van der Waals surface area contributed by atoms with Gasteiger partial charge in [0.1, 0.15) is 6.54 Å². The molecule has 6 atom stereocenters. The molecule has 0 unspecified atom stereocenters. The Bertz CT molecular complexity index is 872. The average Bonchev–Trinajstić information content (AvgIpc) is 3.43. The van der Waals surface area contributed by atoms with Crippen LogP contribution < -0.4 is 5.32 Å². The molecule has 7 nitrogen and oxygen atoms in total. The zero-order valence-corrected chi connectivity index (χ0v) is 18.2. The molecule has 3 fully saturated rings. The van der Waals surface area contributed by atoms with E-state index in [0.29, 0.717) is 17.0 Å². The number of thiazole rings is 1. The maximum Gasteiger partial charge on any atom is 0.246 e. The number of fused-ring (bicyclic) bond motifs is 5. The lowest BCUT2D eigenvalue weighted by Gasteiger charge is -2.34. The SMILES string of the molecule is C[C@@H]1C[C@H](C)CN(Cc2csc(NC(=O)CN3C(=O)[C@@H]4[C@@H](C3=O)[C@H]3C=C[C@H]4C3)n2)C1. The first-order chi connectivity index (χ1) is 14.4. The topological polar surface area (TPSA) is 82.6 Å². The first-order valence-corrected chi connectivity index (χ1v) is 11.8. The van der Waals surface area contributed by atoms with Gasteiger partial charge in [-0.15, -0.1) is 11.3 Å². The van der Waals surface area contributed by atoms with Crippen LogP contribution in [0.2, 0.25) is 0 Å². The fraction of sp³-hybridized carbons (Fsp3) is 0.636. The van der Waals surface area contributed by atoms with Crippen molar-refractivity contribution >= 4 is 34.2 Å². The number of imide groups is 1. The van der Waals surface area contributed by atoms with E-state index in [1.807, 2.05) is 5.38 Å². The number of anilines is 1. The van der Waals surface area contributed by atoms with Gasteiger partial charge in [-0.05, 0) is 36.5 Å². The minimum Gasteiger partial charge on any atom is -0.300 e. The van der Waals surface area contributed by atoms with E-state index in [1.54, 1.807) is 0 Å². The van der Waals surface area contributed by atoms with Gasteiger partial charge in [0.2, 0.25) is 17.7 Å². The molecule has 1 N–H and O–H groups in total. The van der Waals surface area contributed by atoms with E-state index >= 15 is 0 Å². The van der Waals surface area contributed by atoms with E-state index in [0.717, 1.165) is 36.6 Å². The third-order valence-electron chi connectivity index (χ3n) is 6.99. The molecular weight excluding hydrogens is 400 g/mol. The molecule has 2 bridgehead atoms. The Morgan fingerprint density at radius 2 is 1.73 bits per heavy atom. The van der Waals surface area contributed by atoms with Crippen LogP contribution in [0.5, 0.6) is 0 Å². The molecule has 0 spiro atoms. The van der Waals surface area contributed by atoms with E-state index < -0.39 is 0 Å². The zero-order chi connectivity index (χ0) is 21.0. The maximum absolute atomic E-state index is 12.7. The predicted octanol–water partition coefficient (Wildman–Crippen LogP) is 2.37. The number of carbonyl (C=O) groups is 3. The van der Waals surface area contributed by atoms with Crippen LogP contribution in [0.1, 0.15) is 32.4 Å². The van der Waals surface area contributed by atoms with Crippen molar-refractivity contribution in [3.8, 4) is 0 Å². The summed E-state index contributed by atoms with van der Waals surface area (Å²) in [4.78, 5) is 46.1. The van der Waals surface area contributed by atoms with Crippen LogP contribution in [0, 0.1) is 35.5 Å². The second-order valence-corrected chi connectivity index (χ2v) is 10.5. The summed E-state index contributed by atoms with van der Waals surface area (Å²) in [5.41, 5.74) is 0.946. The van der Waals surface area contributed by atoms with Gasteiger partial charge in [0, 0.05) is 25.0 Å². The number of aromatic nitrogens is 1. The van der Waals surface area contributed by atoms with Crippen molar-refractivity contribution in [1.82, 2.24) is 14.8 Å². The Labute approximate surface area is 180 Å². The van der Waals surface area contributed by atoms with Gasteiger partial charge in [-0.25, -0.2) is 4.98 Å². The van der Waals surface area contributed by atoms with Crippen molar-refractivity contribution < 1.29 is 14.4 Å². The third kappa shape index (κ3) is 3.50. The Balaban J connectivity index is 1.17. The number of nitrogens with one attached hydrogen (secondary N) is 1. The Morgan fingerprint density at radius 1 is 1.10 bits per heavy atom. The molecule has 2 aliphatic carbocycles. The van der Waals surface area contributed by atoms with Crippen molar-refractivity contribution in [3.05, 3.63) is 23.2 Å². The summed E-state index contributed by atoms with van der Waals surface area (Å²) in [7, 11) is 0. The van der Waals surface area contributed by atoms with Crippen molar-refractivity contribution in [2.45, 2.75) is 33.2 Å². The molecular formula is C22H28N4O3S. The molecule has 3 heterocycles. The smallest absolute Gasteiger partial charge is 0.246 e. The van der Waals surface area contributed by atoms with Crippen molar-refractivity contribution in [2.75, 3.05) is 25.0 Å². The number of allylic oxidation sites excluding steroid dienone is 2. The predicted molar refractivity (Wildman–Crippen MR) is 113 cm³/mol. The maximum atomic E-state index is 12.7. The molecule has 160 valence electrons. The molecule has 1 aromatic rings. The largest absolute Gasteiger partial charge is 0.300 e. The lowest BCUT2D eigenvalue weighted by Crippen LogP contribution is -2.39. The van der Waals surface area contributed by atoms with E-state index in [4.69, 9.17) is 0 Å². The highest BCUT2D eigenvalue weighted by Gasteiger charge is 2.59. The summed E-state index contributed by atoms with van der Waals surface area (Å²) in [5, 5.41) is 5.27. The molecule has 8 heteroatoms. The summed E-state index contributed by atoms with van der Waals surface area (Å²) in [6.45, 7) is 7.27.